The van der Waals surface area contributed by atoms with E-state index in [1.165, 1.54) is 4.90 Å². The fourth-order valence-electron chi connectivity index (χ4n) is 2.15. The van der Waals surface area contributed by atoms with Crippen molar-refractivity contribution in [2.45, 2.75) is 56.5 Å². The maximum absolute atomic E-state index is 11.6. The standard InChI is InChI=1S/C14H26N4OS/c1-11(2)17-14(3,13(15)19)7-5-6-8-20-12-9-16-18(4)10-12/h9-11,17H,5-8H2,1-4H3,(H2,15,19). The summed E-state index contributed by atoms with van der Waals surface area (Å²) in [7, 11) is 1.92. The van der Waals surface area contributed by atoms with Gasteiger partial charge in [0, 0.05) is 24.2 Å². The van der Waals surface area contributed by atoms with Crippen LogP contribution in [-0.4, -0.2) is 33.0 Å². The molecule has 0 aromatic carbocycles. The van der Waals surface area contributed by atoms with Gasteiger partial charge in [0.2, 0.25) is 5.91 Å². The molecular formula is C14H26N4OS. The molecule has 20 heavy (non-hydrogen) atoms. The zero-order valence-electron chi connectivity index (χ0n) is 12.8. The number of carbonyl (C=O) groups excluding carboxylic acids is 1. The molecule has 0 saturated carbocycles. The van der Waals surface area contributed by atoms with E-state index < -0.39 is 5.54 Å². The fraction of sp³-hybridized carbons (Fsp3) is 0.714. The fourth-order valence-corrected chi connectivity index (χ4v) is 3.08. The minimum atomic E-state index is -0.604. The van der Waals surface area contributed by atoms with Crippen LogP contribution in [0, 0.1) is 0 Å². The lowest BCUT2D eigenvalue weighted by Crippen LogP contribution is -2.55. The van der Waals surface area contributed by atoms with E-state index in [2.05, 4.69) is 10.4 Å². The Morgan fingerprint density at radius 1 is 1.55 bits per heavy atom. The molecule has 1 aromatic heterocycles. The van der Waals surface area contributed by atoms with Gasteiger partial charge in [-0.1, -0.05) is 6.42 Å². The van der Waals surface area contributed by atoms with Gasteiger partial charge < -0.3 is 11.1 Å². The first kappa shape index (κ1) is 17.0. The van der Waals surface area contributed by atoms with Gasteiger partial charge in [-0.25, -0.2) is 0 Å². The minimum Gasteiger partial charge on any atom is -0.368 e. The molecule has 0 aliphatic carbocycles. The van der Waals surface area contributed by atoms with E-state index in [-0.39, 0.29) is 11.9 Å². The van der Waals surface area contributed by atoms with Crippen molar-refractivity contribution in [3.8, 4) is 0 Å². The number of nitrogens with zero attached hydrogens (tertiary/aromatic N) is 2. The average Bonchev–Trinajstić information content (AvgIpc) is 2.73. The van der Waals surface area contributed by atoms with E-state index in [4.69, 9.17) is 5.73 Å². The summed E-state index contributed by atoms with van der Waals surface area (Å²) in [5.74, 6) is 0.758. The second-order valence-electron chi connectivity index (χ2n) is 5.65. The topological polar surface area (TPSA) is 72.9 Å². The summed E-state index contributed by atoms with van der Waals surface area (Å²) < 4.78 is 1.80. The zero-order valence-corrected chi connectivity index (χ0v) is 13.7. The van der Waals surface area contributed by atoms with Crippen molar-refractivity contribution in [2.24, 2.45) is 12.8 Å². The van der Waals surface area contributed by atoms with Crippen molar-refractivity contribution in [3.63, 3.8) is 0 Å². The molecule has 0 radical (unpaired) electrons. The van der Waals surface area contributed by atoms with E-state index in [9.17, 15) is 4.79 Å². The highest BCUT2D eigenvalue weighted by molar-refractivity contribution is 7.99. The van der Waals surface area contributed by atoms with Crippen molar-refractivity contribution in [2.75, 3.05) is 5.75 Å². The number of hydrogen-bond acceptors (Lipinski definition) is 4. The monoisotopic (exact) mass is 298 g/mol. The Labute approximate surface area is 125 Å². The number of hydrogen-bond donors (Lipinski definition) is 2. The van der Waals surface area contributed by atoms with Crippen molar-refractivity contribution in [1.82, 2.24) is 15.1 Å². The molecule has 1 heterocycles. The summed E-state index contributed by atoms with van der Waals surface area (Å²) in [6, 6.07) is 0.247. The quantitative estimate of drug-likeness (QED) is 0.540. The number of rotatable bonds is 9. The van der Waals surface area contributed by atoms with Gasteiger partial charge in [0.15, 0.2) is 0 Å². The molecule has 1 atom stereocenters. The number of nitrogens with one attached hydrogen (secondary N) is 1. The number of aromatic nitrogens is 2. The summed E-state index contributed by atoms with van der Waals surface area (Å²) in [6.45, 7) is 5.95. The average molecular weight is 298 g/mol. The van der Waals surface area contributed by atoms with E-state index in [0.29, 0.717) is 0 Å². The molecule has 0 saturated heterocycles. The Balaban J connectivity index is 2.29. The molecule has 5 nitrogen and oxygen atoms in total. The minimum absolute atomic E-state index is 0.247. The molecule has 1 unspecified atom stereocenters. The Bertz CT molecular complexity index is 433. The Morgan fingerprint density at radius 3 is 2.75 bits per heavy atom. The lowest BCUT2D eigenvalue weighted by atomic mass is 9.93. The van der Waals surface area contributed by atoms with Crippen LogP contribution in [0.1, 0.15) is 40.0 Å². The van der Waals surface area contributed by atoms with Crippen LogP contribution in [-0.2, 0) is 11.8 Å². The SMILES string of the molecule is CC(C)NC(C)(CCCCSc1cnn(C)c1)C(N)=O. The largest absolute Gasteiger partial charge is 0.368 e. The van der Waals surface area contributed by atoms with E-state index in [0.717, 1.165) is 25.0 Å². The highest BCUT2D eigenvalue weighted by Crippen LogP contribution is 2.20. The van der Waals surface area contributed by atoms with Crippen molar-refractivity contribution in [3.05, 3.63) is 12.4 Å². The molecule has 0 aliphatic heterocycles. The number of primary amides is 1. The maximum Gasteiger partial charge on any atom is 0.237 e. The molecule has 1 amide bonds. The van der Waals surface area contributed by atoms with Gasteiger partial charge in [0.1, 0.15) is 0 Å². The van der Waals surface area contributed by atoms with Gasteiger partial charge in [0.05, 0.1) is 11.7 Å². The normalized spacial score (nSPS) is 14.4. The summed E-state index contributed by atoms with van der Waals surface area (Å²) in [5, 5.41) is 7.41. The molecule has 0 fully saturated rings. The second kappa shape index (κ2) is 7.69. The van der Waals surface area contributed by atoms with Gasteiger partial charge in [0.25, 0.3) is 0 Å². The van der Waals surface area contributed by atoms with E-state index in [1.807, 2.05) is 40.2 Å². The number of amides is 1. The smallest absolute Gasteiger partial charge is 0.237 e. The zero-order chi connectivity index (χ0) is 15.2. The molecule has 1 rings (SSSR count). The van der Waals surface area contributed by atoms with Crippen LogP contribution in [0.5, 0.6) is 0 Å². The van der Waals surface area contributed by atoms with Gasteiger partial charge in [-0.3, -0.25) is 9.48 Å². The van der Waals surface area contributed by atoms with Crippen LogP contribution in [0.4, 0.5) is 0 Å². The number of aryl methyl sites for hydroxylation is 1. The van der Waals surface area contributed by atoms with Crippen LogP contribution in [0.25, 0.3) is 0 Å². The Kier molecular flexibility index (Phi) is 6.55. The number of thioether (sulfide) groups is 1. The lowest BCUT2D eigenvalue weighted by Gasteiger charge is -2.29. The van der Waals surface area contributed by atoms with Crippen molar-refractivity contribution >= 4 is 17.7 Å². The van der Waals surface area contributed by atoms with E-state index in [1.54, 1.807) is 16.4 Å². The number of nitrogens with two attached hydrogens (primary N) is 1. The molecule has 0 aliphatic rings. The van der Waals surface area contributed by atoms with Crippen LogP contribution >= 0.6 is 11.8 Å². The highest BCUT2D eigenvalue weighted by Gasteiger charge is 2.30. The van der Waals surface area contributed by atoms with Gasteiger partial charge in [-0.05, 0) is 39.4 Å². The Hall–Kier alpha value is -1.01. The lowest BCUT2D eigenvalue weighted by molar-refractivity contribution is -0.124. The van der Waals surface area contributed by atoms with Gasteiger partial charge >= 0.3 is 0 Å². The molecule has 0 spiro atoms. The first-order valence-corrected chi connectivity index (χ1v) is 8.01. The Morgan fingerprint density at radius 2 is 2.25 bits per heavy atom. The highest BCUT2D eigenvalue weighted by atomic mass is 32.2. The predicted octanol–water partition coefficient (Wildman–Crippen LogP) is 1.92. The first-order valence-electron chi connectivity index (χ1n) is 7.02. The van der Waals surface area contributed by atoms with Crippen LogP contribution in [0.3, 0.4) is 0 Å². The summed E-state index contributed by atoms with van der Waals surface area (Å²) >= 11 is 1.79. The number of unbranched alkanes of at least 4 members (excludes halogenated alkanes) is 1. The molecule has 1 aromatic rings. The van der Waals surface area contributed by atoms with Crippen LogP contribution < -0.4 is 11.1 Å². The van der Waals surface area contributed by atoms with E-state index >= 15 is 0 Å². The molecular weight excluding hydrogens is 272 g/mol. The number of carbonyl (C=O) groups is 1. The first-order chi connectivity index (χ1) is 9.33. The third-order valence-corrected chi connectivity index (χ3v) is 4.21. The van der Waals surface area contributed by atoms with Crippen LogP contribution in [0.15, 0.2) is 17.3 Å². The van der Waals surface area contributed by atoms with Crippen molar-refractivity contribution in [1.29, 1.82) is 0 Å². The summed E-state index contributed by atoms with van der Waals surface area (Å²) in [5.41, 5.74) is 4.91. The molecule has 6 heteroatoms. The predicted molar refractivity (Wildman–Crippen MR) is 83.7 cm³/mol. The summed E-state index contributed by atoms with van der Waals surface area (Å²) in [6.07, 6.45) is 6.69. The van der Waals surface area contributed by atoms with Gasteiger partial charge in [-0.15, -0.1) is 11.8 Å². The van der Waals surface area contributed by atoms with Gasteiger partial charge in [-0.2, -0.15) is 5.10 Å². The van der Waals surface area contributed by atoms with Crippen molar-refractivity contribution < 1.29 is 4.79 Å². The molecule has 3 N–H and O–H groups in total. The molecule has 114 valence electrons. The summed E-state index contributed by atoms with van der Waals surface area (Å²) in [4.78, 5) is 12.8. The third-order valence-electron chi connectivity index (χ3n) is 3.17. The maximum atomic E-state index is 11.6. The molecule has 0 bridgehead atoms. The second-order valence-corrected chi connectivity index (χ2v) is 6.82. The third kappa shape index (κ3) is 5.54. The van der Waals surface area contributed by atoms with Crippen LogP contribution in [0.2, 0.25) is 0 Å².